The number of nitrogens with one attached hydrogen (secondary N) is 1. The van der Waals surface area contributed by atoms with Crippen LogP contribution in [0, 0.1) is 6.92 Å². The van der Waals surface area contributed by atoms with Gasteiger partial charge in [-0.3, -0.25) is 4.90 Å². The highest BCUT2D eigenvalue weighted by Gasteiger charge is 2.21. The second-order valence-corrected chi connectivity index (χ2v) is 5.99. The normalized spacial score (nSPS) is 18.1. The van der Waals surface area contributed by atoms with Gasteiger partial charge in [-0.25, -0.2) is 4.98 Å². The largest absolute Gasteiger partial charge is 0.439 e. The van der Waals surface area contributed by atoms with Crippen LogP contribution in [0.2, 0.25) is 5.02 Å². The number of piperazine rings is 1. The first-order valence-electron chi connectivity index (χ1n) is 7.30. The zero-order chi connectivity index (χ0) is 14.8. The summed E-state index contributed by atoms with van der Waals surface area (Å²) in [5.74, 6) is 1.62. The molecule has 0 radical (unpaired) electrons. The number of hydrogen-bond donors (Lipinski definition) is 1. The summed E-state index contributed by atoms with van der Waals surface area (Å²) in [4.78, 5) is 6.97. The van der Waals surface area contributed by atoms with E-state index in [9.17, 15) is 0 Å². The molecule has 0 amide bonds. The van der Waals surface area contributed by atoms with E-state index in [2.05, 4.69) is 22.1 Å². The lowest BCUT2D eigenvalue weighted by molar-refractivity contribution is 0.151. The van der Waals surface area contributed by atoms with Crippen LogP contribution in [0.25, 0.3) is 11.3 Å². The molecule has 1 atom stereocenters. The predicted molar refractivity (Wildman–Crippen MR) is 98.9 cm³/mol. The van der Waals surface area contributed by atoms with Gasteiger partial charge in [0.1, 0.15) is 0 Å². The molecule has 0 aliphatic carbocycles. The molecule has 1 aromatic carbocycles. The van der Waals surface area contributed by atoms with E-state index < -0.39 is 0 Å². The minimum atomic E-state index is 0. The zero-order valence-corrected chi connectivity index (χ0v) is 15.6. The van der Waals surface area contributed by atoms with Gasteiger partial charge in [-0.05, 0) is 38.1 Å². The first-order valence-corrected chi connectivity index (χ1v) is 7.68. The molecular formula is C16H22Cl3N3O. The van der Waals surface area contributed by atoms with E-state index >= 15 is 0 Å². The monoisotopic (exact) mass is 377 g/mol. The Bertz CT molecular complexity index is 616. The van der Waals surface area contributed by atoms with Gasteiger partial charge in [0.15, 0.2) is 5.76 Å². The molecule has 0 bridgehead atoms. The molecule has 1 fully saturated rings. The summed E-state index contributed by atoms with van der Waals surface area (Å²) in [6.45, 7) is 8.04. The Labute approximate surface area is 154 Å². The molecule has 0 saturated carbocycles. The van der Waals surface area contributed by atoms with Crippen molar-refractivity contribution in [1.82, 2.24) is 15.2 Å². The van der Waals surface area contributed by atoms with Crippen LogP contribution in [-0.4, -0.2) is 35.6 Å². The standard InChI is InChI=1S/C16H20ClN3O.2ClH/c1-11-9-18-7-8-20(11)10-15-19-12(2)16(21-15)13-3-5-14(17)6-4-13;;/h3-6,11,18H,7-10H2,1-2H3;2*1H/t11-;;/m1../s1. The molecule has 1 N–H and O–H groups in total. The summed E-state index contributed by atoms with van der Waals surface area (Å²) in [5.41, 5.74) is 1.94. The highest BCUT2D eigenvalue weighted by atomic mass is 35.5. The van der Waals surface area contributed by atoms with E-state index in [4.69, 9.17) is 16.0 Å². The van der Waals surface area contributed by atoms with Crippen molar-refractivity contribution in [1.29, 1.82) is 0 Å². The number of halogens is 3. The number of hydrogen-bond acceptors (Lipinski definition) is 4. The molecule has 0 spiro atoms. The molecule has 2 aromatic rings. The van der Waals surface area contributed by atoms with Crippen LogP contribution in [0.15, 0.2) is 28.7 Å². The molecular weight excluding hydrogens is 357 g/mol. The predicted octanol–water partition coefficient (Wildman–Crippen LogP) is 3.94. The summed E-state index contributed by atoms with van der Waals surface area (Å²) in [7, 11) is 0. The maximum atomic E-state index is 5.98. The van der Waals surface area contributed by atoms with Crippen molar-refractivity contribution in [2.24, 2.45) is 0 Å². The highest BCUT2D eigenvalue weighted by Crippen LogP contribution is 2.26. The van der Waals surface area contributed by atoms with E-state index in [1.807, 2.05) is 31.2 Å². The van der Waals surface area contributed by atoms with E-state index in [0.717, 1.165) is 54.1 Å². The van der Waals surface area contributed by atoms with Gasteiger partial charge in [0, 0.05) is 36.3 Å². The summed E-state index contributed by atoms with van der Waals surface area (Å²) in [6, 6.07) is 8.18. The van der Waals surface area contributed by atoms with Crippen LogP contribution in [0.5, 0.6) is 0 Å². The van der Waals surface area contributed by atoms with Crippen molar-refractivity contribution in [2.45, 2.75) is 26.4 Å². The number of benzene rings is 1. The summed E-state index contributed by atoms with van der Waals surface area (Å²) in [6.07, 6.45) is 0. The van der Waals surface area contributed by atoms with E-state index in [1.54, 1.807) is 0 Å². The second-order valence-electron chi connectivity index (χ2n) is 5.55. The maximum absolute atomic E-state index is 5.98. The third-order valence-corrected chi connectivity index (χ3v) is 4.18. The molecule has 1 saturated heterocycles. The highest BCUT2D eigenvalue weighted by molar-refractivity contribution is 6.30. The van der Waals surface area contributed by atoms with Gasteiger partial charge in [0.05, 0.1) is 12.2 Å². The van der Waals surface area contributed by atoms with Crippen LogP contribution in [0.1, 0.15) is 18.5 Å². The van der Waals surface area contributed by atoms with Gasteiger partial charge in [0.25, 0.3) is 0 Å². The zero-order valence-electron chi connectivity index (χ0n) is 13.2. The Hall–Kier alpha value is -0.780. The van der Waals surface area contributed by atoms with Crippen LogP contribution >= 0.6 is 36.4 Å². The van der Waals surface area contributed by atoms with Gasteiger partial charge >= 0.3 is 0 Å². The van der Waals surface area contributed by atoms with Gasteiger partial charge < -0.3 is 9.73 Å². The molecule has 1 aliphatic rings. The molecule has 23 heavy (non-hydrogen) atoms. The third-order valence-electron chi connectivity index (χ3n) is 3.92. The van der Waals surface area contributed by atoms with E-state index in [0.29, 0.717) is 6.04 Å². The average Bonchev–Trinajstić information content (AvgIpc) is 2.83. The third kappa shape index (κ3) is 4.85. The molecule has 2 heterocycles. The van der Waals surface area contributed by atoms with Gasteiger partial charge in [-0.15, -0.1) is 24.8 Å². The summed E-state index contributed by atoms with van der Waals surface area (Å²) < 4.78 is 5.98. The van der Waals surface area contributed by atoms with Crippen LogP contribution < -0.4 is 5.32 Å². The van der Waals surface area contributed by atoms with Crippen molar-refractivity contribution in [3.05, 3.63) is 40.9 Å². The molecule has 1 aliphatic heterocycles. The maximum Gasteiger partial charge on any atom is 0.209 e. The smallest absolute Gasteiger partial charge is 0.209 e. The second kappa shape index (κ2) is 8.90. The number of aryl methyl sites for hydroxylation is 1. The number of nitrogens with zero attached hydrogens (tertiary/aromatic N) is 2. The van der Waals surface area contributed by atoms with Crippen molar-refractivity contribution in [3.8, 4) is 11.3 Å². The molecule has 128 valence electrons. The van der Waals surface area contributed by atoms with Gasteiger partial charge in [-0.1, -0.05) is 11.6 Å². The number of rotatable bonds is 3. The van der Waals surface area contributed by atoms with E-state index in [1.165, 1.54) is 0 Å². The average molecular weight is 379 g/mol. The van der Waals surface area contributed by atoms with Crippen molar-refractivity contribution in [2.75, 3.05) is 19.6 Å². The first-order chi connectivity index (χ1) is 10.1. The fraction of sp³-hybridized carbons (Fsp3) is 0.438. The lowest BCUT2D eigenvalue weighted by atomic mass is 10.1. The van der Waals surface area contributed by atoms with Gasteiger partial charge in [0.2, 0.25) is 5.89 Å². The topological polar surface area (TPSA) is 41.3 Å². The molecule has 0 unspecified atom stereocenters. The molecule has 4 nitrogen and oxygen atoms in total. The number of aromatic nitrogens is 1. The van der Waals surface area contributed by atoms with Crippen LogP contribution in [0.3, 0.4) is 0 Å². The minimum Gasteiger partial charge on any atom is -0.439 e. The van der Waals surface area contributed by atoms with Crippen LogP contribution in [0.4, 0.5) is 0 Å². The molecule has 7 heteroatoms. The lowest BCUT2D eigenvalue weighted by Gasteiger charge is -2.32. The van der Waals surface area contributed by atoms with E-state index in [-0.39, 0.29) is 24.8 Å². The summed E-state index contributed by atoms with van der Waals surface area (Å²) in [5, 5.41) is 4.12. The molecule has 1 aromatic heterocycles. The Balaban J connectivity index is 0.00000132. The SMILES string of the molecule is Cc1nc(CN2CCNC[C@H]2C)oc1-c1ccc(Cl)cc1.Cl.Cl. The van der Waals surface area contributed by atoms with Crippen molar-refractivity contribution >= 4 is 36.4 Å². The Morgan fingerprint density at radius 1 is 1.30 bits per heavy atom. The fourth-order valence-electron chi connectivity index (χ4n) is 2.68. The minimum absolute atomic E-state index is 0. The van der Waals surface area contributed by atoms with Crippen molar-refractivity contribution < 1.29 is 4.42 Å². The quantitative estimate of drug-likeness (QED) is 0.878. The van der Waals surface area contributed by atoms with Gasteiger partial charge in [-0.2, -0.15) is 0 Å². The summed E-state index contributed by atoms with van der Waals surface area (Å²) >= 11 is 5.93. The Morgan fingerprint density at radius 2 is 2.00 bits per heavy atom. The lowest BCUT2D eigenvalue weighted by Crippen LogP contribution is -2.49. The Kier molecular flexibility index (Phi) is 7.84. The Morgan fingerprint density at radius 3 is 2.65 bits per heavy atom. The number of oxazole rings is 1. The van der Waals surface area contributed by atoms with Crippen molar-refractivity contribution in [3.63, 3.8) is 0 Å². The van der Waals surface area contributed by atoms with Crippen LogP contribution in [-0.2, 0) is 6.54 Å². The molecule has 3 rings (SSSR count). The fourth-order valence-corrected chi connectivity index (χ4v) is 2.81. The first kappa shape index (κ1) is 20.3.